The lowest BCUT2D eigenvalue weighted by molar-refractivity contribution is -0.137. The molecule has 1 rings (SSSR count). The summed E-state index contributed by atoms with van der Waals surface area (Å²) >= 11 is 5.65. The van der Waals surface area contributed by atoms with Crippen LogP contribution >= 0.6 is 11.6 Å². The van der Waals surface area contributed by atoms with Gasteiger partial charge < -0.3 is 10.6 Å². The maximum absolute atomic E-state index is 12.6. The second-order valence-corrected chi connectivity index (χ2v) is 5.06. The minimum absolute atomic E-state index is 0.00560. The van der Waals surface area contributed by atoms with E-state index < -0.39 is 11.7 Å². The number of nitrogens with one attached hydrogen (secondary N) is 2. The molecule has 0 bridgehead atoms. The van der Waals surface area contributed by atoms with Gasteiger partial charge in [0, 0.05) is 29.7 Å². The molecular formula is C13H16ClF3N2O. The first-order chi connectivity index (χ1) is 9.18. The first-order valence-corrected chi connectivity index (χ1v) is 6.47. The van der Waals surface area contributed by atoms with Crippen LogP contribution in [0.2, 0.25) is 5.02 Å². The largest absolute Gasteiger partial charge is 0.416 e. The molecule has 0 heterocycles. The molecule has 0 aliphatic carbocycles. The van der Waals surface area contributed by atoms with Crippen molar-refractivity contribution in [3.63, 3.8) is 0 Å². The summed E-state index contributed by atoms with van der Waals surface area (Å²) in [5.41, 5.74) is -0.582. The maximum Gasteiger partial charge on any atom is 0.416 e. The van der Waals surface area contributed by atoms with Gasteiger partial charge in [-0.3, -0.25) is 4.79 Å². The summed E-state index contributed by atoms with van der Waals surface area (Å²) in [6, 6.07) is 3.24. The van der Waals surface area contributed by atoms with Crippen LogP contribution in [0.4, 0.5) is 18.9 Å². The number of hydrogen-bond acceptors (Lipinski definition) is 2. The van der Waals surface area contributed by atoms with Crippen molar-refractivity contribution in [2.75, 3.05) is 11.9 Å². The molecular weight excluding hydrogens is 293 g/mol. The minimum Gasteiger partial charge on any atom is -0.384 e. The molecule has 7 heteroatoms. The third-order valence-corrected chi connectivity index (χ3v) is 2.57. The van der Waals surface area contributed by atoms with Gasteiger partial charge in [-0.15, -0.1) is 0 Å². The van der Waals surface area contributed by atoms with Crippen molar-refractivity contribution in [3.05, 3.63) is 28.8 Å². The lowest BCUT2D eigenvalue weighted by atomic mass is 10.2. The maximum atomic E-state index is 12.6. The van der Waals surface area contributed by atoms with E-state index in [1.807, 2.05) is 13.8 Å². The van der Waals surface area contributed by atoms with Gasteiger partial charge in [-0.05, 0) is 32.0 Å². The van der Waals surface area contributed by atoms with E-state index >= 15 is 0 Å². The topological polar surface area (TPSA) is 41.1 Å². The molecule has 0 aromatic heterocycles. The quantitative estimate of drug-likeness (QED) is 0.871. The van der Waals surface area contributed by atoms with Crippen molar-refractivity contribution < 1.29 is 18.0 Å². The Kier molecular flexibility index (Phi) is 5.68. The van der Waals surface area contributed by atoms with E-state index in [9.17, 15) is 18.0 Å². The van der Waals surface area contributed by atoms with Crippen LogP contribution in [-0.4, -0.2) is 18.5 Å². The number of hydrogen-bond donors (Lipinski definition) is 2. The highest BCUT2D eigenvalue weighted by molar-refractivity contribution is 6.30. The van der Waals surface area contributed by atoms with Gasteiger partial charge in [-0.2, -0.15) is 13.2 Å². The summed E-state index contributed by atoms with van der Waals surface area (Å²) < 4.78 is 37.8. The fourth-order valence-electron chi connectivity index (χ4n) is 1.57. The number of halogens is 4. The first kappa shape index (κ1) is 16.6. The van der Waals surface area contributed by atoms with Gasteiger partial charge in [0.25, 0.3) is 0 Å². The van der Waals surface area contributed by atoms with E-state index in [2.05, 4.69) is 10.6 Å². The molecule has 112 valence electrons. The zero-order chi connectivity index (χ0) is 15.3. The van der Waals surface area contributed by atoms with Crippen molar-refractivity contribution >= 4 is 23.2 Å². The standard InChI is InChI=1S/C13H16ClF3N2O/c1-8(2)19-12(20)3-4-18-11-6-9(13(15,16)17)5-10(14)7-11/h5-8,18H,3-4H2,1-2H3,(H,19,20). The number of benzene rings is 1. The van der Waals surface area contributed by atoms with Crippen LogP contribution in [0.3, 0.4) is 0 Å². The predicted molar refractivity (Wildman–Crippen MR) is 72.8 cm³/mol. The molecule has 1 aromatic carbocycles. The normalized spacial score (nSPS) is 11.6. The zero-order valence-electron chi connectivity index (χ0n) is 11.1. The highest BCUT2D eigenvalue weighted by atomic mass is 35.5. The van der Waals surface area contributed by atoms with Gasteiger partial charge in [0.05, 0.1) is 5.56 Å². The average Bonchev–Trinajstić information content (AvgIpc) is 2.25. The molecule has 0 fully saturated rings. The Morgan fingerprint density at radius 1 is 1.30 bits per heavy atom. The van der Waals surface area contributed by atoms with Crippen LogP contribution in [0, 0.1) is 0 Å². The molecule has 1 aromatic rings. The predicted octanol–water partition coefficient (Wildman–Crippen LogP) is 3.69. The summed E-state index contributed by atoms with van der Waals surface area (Å²) in [7, 11) is 0. The molecule has 3 nitrogen and oxygen atoms in total. The fraction of sp³-hybridized carbons (Fsp3) is 0.462. The van der Waals surface area contributed by atoms with E-state index in [1.54, 1.807) is 0 Å². The molecule has 0 saturated heterocycles. The first-order valence-electron chi connectivity index (χ1n) is 6.09. The summed E-state index contributed by atoms with van der Waals surface area (Å²) in [4.78, 5) is 11.4. The second kappa shape index (κ2) is 6.83. The van der Waals surface area contributed by atoms with Crippen molar-refractivity contribution in [2.24, 2.45) is 0 Å². The van der Waals surface area contributed by atoms with E-state index in [-0.39, 0.29) is 35.6 Å². The van der Waals surface area contributed by atoms with Gasteiger partial charge in [-0.25, -0.2) is 0 Å². The van der Waals surface area contributed by atoms with Gasteiger partial charge in [0.1, 0.15) is 0 Å². The molecule has 0 atom stereocenters. The van der Waals surface area contributed by atoms with Gasteiger partial charge in [0.2, 0.25) is 5.91 Å². The van der Waals surface area contributed by atoms with Crippen LogP contribution < -0.4 is 10.6 Å². The molecule has 0 aliphatic rings. The Morgan fingerprint density at radius 3 is 2.50 bits per heavy atom. The molecule has 0 unspecified atom stereocenters. The van der Waals surface area contributed by atoms with Gasteiger partial charge in [-0.1, -0.05) is 11.6 Å². The van der Waals surface area contributed by atoms with Crippen LogP contribution in [-0.2, 0) is 11.0 Å². The van der Waals surface area contributed by atoms with Gasteiger partial charge in [0.15, 0.2) is 0 Å². The van der Waals surface area contributed by atoms with E-state index in [0.29, 0.717) is 0 Å². The lowest BCUT2D eigenvalue weighted by Crippen LogP contribution is -2.31. The number of alkyl halides is 3. The fourth-order valence-corrected chi connectivity index (χ4v) is 1.80. The van der Waals surface area contributed by atoms with Crippen LogP contribution in [0.15, 0.2) is 18.2 Å². The Morgan fingerprint density at radius 2 is 1.95 bits per heavy atom. The molecule has 20 heavy (non-hydrogen) atoms. The minimum atomic E-state index is -4.45. The van der Waals surface area contributed by atoms with Crippen LogP contribution in [0.5, 0.6) is 0 Å². The summed E-state index contributed by atoms with van der Waals surface area (Å²) in [5.74, 6) is -0.162. The molecule has 0 radical (unpaired) electrons. The third kappa shape index (κ3) is 5.69. The number of carbonyl (C=O) groups is 1. The monoisotopic (exact) mass is 308 g/mol. The molecule has 1 amide bonds. The Labute approximate surface area is 120 Å². The Balaban J connectivity index is 2.61. The van der Waals surface area contributed by atoms with Crippen molar-refractivity contribution in [3.8, 4) is 0 Å². The average molecular weight is 309 g/mol. The second-order valence-electron chi connectivity index (χ2n) is 4.63. The number of anilines is 1. The van der Waals surface area contributed by atoms with E-state index in [0.717, 1.165) is 12.1 Å². The lowest BCUT2D eigenvalue weighted by Gasteiger charge is -2.12. The smallest absolute Gasteiger partial charge is 0.384 e. The van der Waals surface area contributed by atoms with Crippen molar-refractivity contribution in [1.29, 1.82) is 0 Å². The SMILES string of the molecule is CC(C)NC(=O)CCNc1cc(Cl)cc(C(F)(F)F)c1. The molecule has 0 saturated carbocycles. The third-order valence-electron chi connectivity index (χ3n) is 2.36. The van der Waals surface area contributed by atoms with Crippen LogP contribution in [0.1, 0.15) is 25.8 Å². The van der Waals surface area contributed by atoms with E-state index in [1.165, 1.54) is 6.07 Å². The number of carbonyl (C=O) groups excluding carboxylic acids is 1. The zero-order valence-corrected chi connectivity index (χ0v) is 11.9. The molecule has 0 spiro atoms. The number of amides is 1. The van der Waals surface area contributed by atoms with Crippen molar-refractivity contribution in [2.45, 2.75) is 32.5 Å². The summed E-state index contributed by atoms with van der Waals surface area (Å²) in [5, 5.41) is 5.44. The Hall–Kier alpha value is -1.43. The van der Waals surface area contributed by atoms with E-state index in [4.69, 9.17) is 11.6 Å². The van der Waals surface area contributed by atoms with Crippen LogP contribution in [0.25, 0.3) is 0 Å². The Bertz CT molecular complexity index is 475. The molecule has 2 N–H and O–H groups in total. The summed E-state index contributed by atoms with van der Waals surface area (Å²) in [6.45, 7) is 3.89. The number of rotatable bonds is 5. The molecule has 0 aliphatic heterocycles. The highest BCUT2D eigenvalue weighted by Gasteiger charge is 2.31. The summed E-state index contributed by atoms with van der Waals surface area (Å²) in [6.07, 6.45) is -4.28. The van der Waals surface area contributed by atoms with Crippen molar-refractivity contribution in [1.82, 2.24) is 5.32 Å². The highest BCUT2D eigenvalue weighted by Crippen LogP contribution is 2.33. The van der Waals surface area contributed by atoms with Gasteiger partial charge >= 0.3 is 6.18 Å².